The van der Waals surface area contributed by atoms with E-state index in [9.17, 15) is 9.90 Å². The maximum Gasteiger partial charge on any atom is 0.254 e. The van der Waals surface area contributed by atoms with Crippen LogP contribution in [0, 0.1) is 5.92 Å². The highest BCUT2D eigenvalue weighted by atomic mass is 16.5. The molecule has 32 heavy (non-hydrogen) atoms. The van der Waals surface area contributed by atoms with Crippen molar-refractivity contribution in [2.75, 3.05) is 33.3 Å². The number of nitrogens with zero attached hydrogens (tertiary/aromatic N) is 4. The zero-order valence-corrected chi connectivity index (χ0v) is 18.3. The van der Waals surface area contributed by atoms with Crippen molar-refractivity contribution in [3.05, 3.63) is 53.2 Å². The number of fused-ring (bicyclic) bond motifs is 3. The molecule has 4 aliphatic heterocycles. The number of aromatic hydroxyl groups is 1. The van der Waals surface area contributed by atoms with E-state index in [0.717, 1.165) is 42.0 Å². The lowest BCUT2D eigenvalue weighted by Crippen LogP contribution is -2.58. The summed E-state index contributed by atoms with van der Waals surface area (Å²) in [5.74, 6) is 1.64. The number of hydrogen-bond acceptors (Lipinski definition) is 5. The average Bonchev–Trinajstić information content (AvgIpc) is 3.13. The Bertz CT molecular complexity index is 1180. The fourth-order valence-electron chi connectivity index (χ4n) is 5.84. The molecular weight excluding hydrogens is 404 g/mol. The second-order valence-electron chi connectivity index (χ2n) is 9.26. The molecular formula is C25H28N4O3. The summed E-state index contributed by atoms with van der Waals surface area (Å²) in [5, 5.41) is 16.4. The number of ether oxygens (including phenoxy) is 1. The van der Waals surface area contributed by atoms with Gasteiger partial charge in [0, 0.05) is 30.9 Å². The van der Waals surface area contributed by atoms with Gasteiger partial charge in [-0.1, -0.05) is 12.1 Å². The molecule has 0 aliphatic carbocycles. The molecule has 1 aromatic heterocycles. The Morgan fingerprint density at radius 1 is 1.09 bits per heavy atom. The first-order valence-corrected chi connectivity index (χ1v) is 11.5. The quantitative estimate of drug-likeness (QED) is 0.687. The predicted octanol–water partition coefficient (Wildman–Crippen LogP) is 2.89. The van der Waals surface area contributed by atoms with Crippen LogP contribution in [0.3, 0.4) is 0 Å². The van der Waals surface area contributed by atoms with Crippen molar-refractivity contribution in [2.24, 2.45) is 5.92 Å². The largest absolute Gasteiger partial charge is 0.506 e. The van der Waals surface area contributed by atoms with Crippen LogP contribution in [0.25, 0.3) is 10.9 Å². The van der Waals surface area contributed by atoms with Gasteiger partial charge in [0.1, 0.15) is 17.0 Å². The van der Waals surface area contributed by atoms with Crippen LogP contribution in [0.5, 0.6) is 11.5 Å². The summed E-state index contributed by atoms with van der Waals surface area (Å²) in [6.45, 7) is 4.50. The number of carbonyl (C=O) groups is 1. The lowest BCUT2D eigenvalue weighted by Gasteiger charge is -2.49. The Kier molecular flexibility index (Phi) is 4.61. The Labute approximate surface area is 187 Å². The molecule has 0 saturated carbocycles. The maximum absolute atomic E-state index is 13.7. The molecule has 2 aromatic carbocycles. The summed E-state index contributed by atoms with van der Waals surface area (Å²) in [4.78, 5) is 18.3. The first kappa shape index (κ1) is 19.6. The number of rotatable bonds is 4. The van der Waals surface area contributed by atoms with Crippen LogP contribution in [0.2, 0.25) is 0 Å². The van der Waals surface area contributed by atoms with E-state index in [2.05, 4.69) is 9.80 Å². The fourth-order valence-corrected chi connectivity index (χ4v) is 5.84. The monoisotopic (exact) mass is 432 g/mol. The van der Waals surface area contributed by atoms with Gasteiger partial charge in [0.15, 0.2) is 0 Å². The molecule has 5 heterocycles. The molecule has 0 unspecified atom stereocenters. The van der Waals surface area contributed by atoms with Crippen LogP contribution < -0.4 is 4.74 Å². The Morgan fingerprint density at radius 2 is 1.88 bits per heavy atom. The third kappa shape index (κ3) is 3.06. The molecule has 3 saturated heterocycles. The first-order valence-electron chi connectivity index (χ1n) is 11.5. The van der Waals surface area contributed by atoms with Crippen molar-refractivity contribution in [2.45, 2.75) is 31.8 Å². The average molecular weight is 433 g/mol. The van der Waals surface area contributed by atoms with Gasteiger partial charge in [0.2, 0.25) is 0 Å². The van der Waals surface area contributed by atoms with E-state index in [1.165, 1.54) is 12.8 Å². The van der Waals surface area contributed by atoms with Crippen molar-refractivity contribution < 1.29 is 14.6 Å². The molecule has 0 radical (unpaired) electrons. The van der Waals surface area contributed by atoms with E-state index in [-0.39, 0.29) is 17.7 Å². The molecule has 7 heteroatoms. The van der Waals surface area contributed by atoms with Crippen LogP contribution in [0.15, 0.2) is 36.4 Å². The number of amides is 1. The van der Waals surface area contributed by atoms with Gasteiger partial charge < -0.3 is 19.6 Å². The van der Waals surface area contributed by atoms with E-state index in [1.807, 2.05) is 28.9 Å². The molecule has 4 aliphatic rings. The number of phenolic OH excluding ortho intramolecular Hbond substituents is 1. The highest BCUT2D eigenvalue weighted by Gasteiger charge is 2.41. The van der Waals surface area contributed by atoms with Gasteiger partial charge in [-0.3, -0.25) is 9.48 Å². The standard InChI is InChI=1S/C25H28N4O3/c1-32-18-4-2-16(3-5-18)14-29-24-22(30)7-6-19-23(24)20(26-29)10-13-28(25(19)31)21-15-27-11-8-17(21)9-12-27/h2-7,17,21,30H,8-15H2,1H3/t21-/m1/s1. The van der Waals surface area contributed by atoms with E-state index in [0.29, 0.717) is 36.5 Å². The molecule has 166 valence electrons. The van der Waals surface area contributed by atoms with Gasteiger partial charge in [-0.05, 0) is 61.7 Å². The Morgan fingerprint density at radius 3 is 2.56 bits per heavy atom. The minimum Gasteiger partial charge on any atom is -0.506 e. The number of carbonyl (C=O) groups excluding carboxylic acids is 1. The lowest BCUT2D eigenvalue weighted by atomic mass is 9.83. The minimum absolute atomic E-state index is 0.0801. The normalized spacial score (nSPS) is 24.7. The van der Waals surface area contributed by atoms with Crippen LogP contribution in [-0.4, -0.2) is 69.9 Å². The van der Waals surface area contributed by atoms with Crippen LogP contribution in [0.1, 0.15) is 34.5 Å². The third-order valence-corrected chi connectivity index (χ3v) is 7.54. The van der Waals surface area contributed by atoms with Gasteiger partial charge in [0.05, 0.1) is 24.9 Å². The molecule has 3 aromatic rings. The van der Waals surface area contributed by atoms with Crippen LogP contribution in [-0.2, 0) is 13.0 Å². The lowest BCUT2D eigenvalue weighted by molar-refractivity contribution is 0.00820. The molecule has 2 bridgehead atoms. The molecule has 3 fully saturated rings. The van der Waals surface area contributed by atoms with Crippen molar-refractivity contribution >= 4 is 16.8 Å². The van der Waals surface area contributed by atoms with Crippen molar-refractivity contribution in [1.29, 1.82) is 0 Å². The molecule has 1 amide bonds. The fraction of sp³-hybridized carbons (Fsp3) is 0.440. The summed E-state index contributed by atoms with van der Waals surface area (Å²) >= 11 is 0. The van der Waals surface area contributed by atoms with E-state index in [4.69, 9.17) is 9.84 Å². The summed E-state index contributed by atoms with van der Waals surface area (Å²) in [6, 6.07) is 11.5. The highest BCUT2D eigenvalue weighted by Crippen LogP contribution is 2.37. The molecule has 7 nitrogen and oxygen atoms in total. The topological polar surface area (TPSA) is 70.8 Å². The maximum atomic E-state index is 13.7. The SMILES string of the molecule is COc1ccc(Cn2nc3c4c(ccc(O)c42)C(=O)N([C@@H]2CN4CCC2CC4)CC3)cc1. The number of methoxy groups -OCH3 is 1. The highest BCUT2D eigenvalue weighted by molar-refractivity contribution is 6.09. The van der Waals surface area contributed by atoms with E-state index >= 15 is 0 Å². The second kappa shape index (κ2) is 7.52. The third-order valence-electron chi connectivity index (χ3n) is 7.54. The number of hydrogen-bond donors (Lipinski definition) is 1. The number of piperidine rings is 3. The zero-order chi connectivity index (χ0) is 21.8. The summed E-state index contributed by atoms with van der Waals surface area (Å²) in [7, 11) is 1.65. The summed E-state index contributed by atoms with van der Waals surface area (Å²) in [6.07, 6.45) is 3.06. The first-order chi connectivity index (χ1) is 15.6. The molecule has 1 atom stereocenters. The van der Waals surface area contributed by atoms with Gasteiger partial charge in [-0.2, -0.15) is 5.10 Å². The van der Waals surface area contributed by atoms with Crippen molar-refractivity contribution in [3.63, 3.8) is 0 Å². The van der Waals surface area contributed by atoms with Crippen molar-refractivity contribution in [1.82, 2.24) is 19.6 Å². The Hall–Kier alpha value is -3.06. The van der Waals surface area contributed by atoms with Gasteiger partial charge in [-0.15, -0.1) is 0 Å². The number of benzene rings is 2. The van der Waals surface area contributed by atoms with Gasteiger partial charge in [-0.25, -0.2) is 0 Å². The number of phenols is 1. The zero-order valence-electron chi connectivity index (χ0n) is 18.3. The predicted molar refractivity (Wildman–Crippen MR) is 121 cm³/mol. The van der Waals surface area contributed by atoms with Crippen LogP contribution >= 0.6 is 0 Å². The van der Waals surface area contributed by atoms with E-state index in [1.54, 1.807) is 19.2 Å². The Balaban J connectivity index is 1.38. The summed E-state index contributed by atoms with van der Waals surface area (Å²) < 4.78 is 7.09. The molecule has 7 rings (SSSR count). The molecule has 0 spiro atoms. The minimum atomic E-state index is 0.0801. The van der Waals surface area contributed by atoms with Crippen LogP contribution in [0.4, 0.5) is 0 Å². The summed E-state index contributed by atoms with van der Waals surface area (Å²) in [5.41, 5.74) is 3.28. The smallest absolute Gasteiger partial charge is 0.254 e. The van der Waals surface area contributed by atoms with Gasteiger partial charge in [0.25, 0.3) is 5.91 Å². The van der Waals surface area contributed by atoms with Gasteiger partial charge >= 0.3 is 0 Å². The number of aromatic nitrogens is 2. The second-order valence-corrected chi connectivity index (χ2v) is 9.26. The van der Waals surface area contributed by atoms with Crippen molar-refractivity contribution in [3.8, 4) is 11.5 Å². The van der Waals surface area contributed by atoms with E-state index < -0.39 is 0 Å². The molecule has 1 N–H and O–H groups in total.